The summed E-state index contributed by atoms with van der Waals surface area (Å²) in [7, 11) is 2.45. The van der Waals surface area contributed by atoms with E-state index in [4.69, 9.17) is 21.1 Å². The number of amides is 1. The van der Waals surface area contributed by atoms with E-state index in [0.29, 0.717) is 12.1 Å². The Morgan fingerprint density at radius 3 is 2.48 bits per heavy atom. The third-order valence-electron chi connectivity index (χ3n) is 3.44. The Hall–Kier alpha value is -2.39. The van der Waals surface area contributed by atoms with E-state index < -0.39 is 17.8 Å². The van der Waals surface area contributed by atoms with Crippen molar-refractivity contribution in [3.05, 3.63) is 32.9 Å². The first-order chi connectivity index (χ1) is 11.8. The van der Waals surface area contributed by atoms with E-state index in [9.17, 15) is 14.4 Å². The average molecular weight is 386 g/mol. The predicted octanol–water partition coefficient (Wildman–Crippen LogP) is 2.75. The van der Waals surface area contributed by atoms with Gasteiger partial charge in [0, 0.05) is 6.54 Å². The van der Waals surface area contributed by atoms with Gasteiger partial charge in [0.25, 0.3) is 5.91 Å². The molecule has 0 atom stereocenters. The molecule has 0 aliphatic rings. The number of rotatable bonds is 5. The predicted molar refractivity (Wildman–Crippen MR) is 92.6 cm³/mol. The van der Waals surface area contributed by atoms with Gasteiger partial charge in [0.15, 0.2) is 0 Å². The number of anilines is 1. The van der Waals surface area contributed by atoms with E-state index in [0.717, 1.165) is 11.3 Å². The summed E-state index contributed by atoms with van der Waals surface area (Å²) in [5.41, 5.74) is 0.625. The fraction of sp³-hybridized carbons (Fsp3) is 0.333. The van der Waals surface area contributed by atoms with Crippen molar-refractivity contribution in [2.45, 2.75) is 20.4 Å². The van der Waals surface area contributed by atoms with Crippen LogP contribution in [0.5, 0.6) is 0 Å². The molecule has 0 radical (unpaired) electrons. The third kappa shape index (κ3) is 3.52. The number of hydrogen-bond acceptors (Lipinski definition) is 7. The molecule has 1 N–H and O–H groups in total. The van der Waals surface area contributed by atoms with Crippen molar-refractivity contribution in [3.63, 3.8) is 0 Å². The standard InChI is InChI=1S/C15H16ClN3O5S/c1-5-19-10(8(16)6-17-19)12(20)18-13-9(14(21)23-3)7(2)11(25-13)15(22)24-4/h6H,5H2,1-4H3,(H,18,20). The van der Waals surface area contributed by atoms with Crippen LogP contribution < -0.4 is 5.32 Å². The van der Waals surface area contributed by atoms with Crippen LogP contribution in [0.1, 0.15) is 43.0 Å². The van der Waals surface area contributed by atoms with Crippen LogP contribution in [0.25, 0.3) is 0 Å². The number of nitrogens with one attached hydrogen (secondary N) is 1. The van der Waals surface area contributed by atoms with Gasteiger partial charge in [-0.3, -0.25) is 9.48 Å². The summed E-state index contributed by atoms with van der Waals surface area (Å²) in [5.74, 6) is -1.83. The molecule has 0 bridgehead atoms. The first-order valence-electron chi connectivity index (χ1n) is 7.18. The molecule has 0 aromatic carbocycles. The van der Waals surface area contributed by atoms with Crippen molar-refractivity contribution in [1.82, 2.24) is 9.78 Å². The quantitative estimate of drug-likeness (QED) is 0.794. The molecule has 0 spiro atoms. The van der Waals surface area contributed by atoms with E-state index >= 15 is 0 Å². The number of aryl methyl sites for hydroxylation is 1. The molecule has 0 saturated carbocycles. The number of aromatic nitrogens is 2. The summed E-state index contributed by atoms with van der Waals surface area (Å²) in [4.78, 5) is 36.7. The molecular weight excluding hydrogens is 370 g/mol. The second-order valence-corrected chi connectivity index (χ2v) is 6.28. The SMILES string of the molecule is CCn1ncc(Cl)c1C(=O)Nc1sc(C(=O)OC)c(C)c1C(=O)OC. The van der Waals surface area contributed by atoms with E-state index in [-0.39, 0.29) is 26.2 Å². The minimum Gasteiger partial charge on any atom is -0.465 e. The van der Waals surface area contributed by atoms with E-state index in [1.165, 1.54) is 25.1 Å². The lowest BCUT2D eigenvalue weighted by molar-refractivity contribution is 0.0601. The fourth-order valence-electron chi connectivity index (χ4n) is 2.23. The van der Waals surface area contributed by atoms with Gasteiger partial charge in [-0.15, -0.1) is 11.3 Å². The Morgan fingerprint density at radius 2 is 1.92 bits per heavy atom. The summed E-state index contributed by atoms with van der Waals surface area (Å²) in [6, 6.07) is 0. The Balaban J connectivity index is 2.48. The van der Waals surface area contributed by atoms with E-state index in [2.05, 4.69) is 10.4 Å². The van der Waals surface area contributed by atoms with Crippen LogP contribution in [-0.2, 0) is 16.0 Å². The molecule has 10 heteroatoms. The largest absolute Gasteiger partial charge is 0.465 e. The minimum atomic E-state index is -0.672. The molecule has 8 nitrogen and oxygen atoms in total. The Bertz CT molecular complexity index is 843. The van der Waals surface area contributed by atoms with Gasteiger partial charge < -0.3 is 14.8 Å². The van der Waals surface area contributed by atoms with Crippen molar-refractivity contribution in [1.29, 1.82) is 0 Å². The number of esters is 2. The molecule has 2 rings (SSSR count). The maximum absolute atomic E-state index is 12.6. The second-order valence-electron chi connectivity index (χ2n) is 4.85. The number of halogens is 1. The molecule has 2 aromatic rings. The van der Waals surface area contributed by atoms with Gasteiger partial charge in [-0.25, -0.2) is 9.59 Å². The topological polar surface area (TPSA) is 99.5 Å². The number of carbonyl (C=O) groups excluding carboxylic acids is 3. The van der Waals surface area contributed by atoms with Crippen LogP contribution in [0, 0.1) is 6.92 Å². The molecule has 0 aliphatic carbocycles. The zero-order valence-corrected chi connectivity index (χ0v) is 15.6. The lowest BCUT2D eigenvalue weighted by Gasteiger charge is -2.08. The number of ether oxygens (including phenoxy) is 2. The smallest absolute Gasteiger partial charge is 0.348 e. The summed E-state index contributed by atoms with van der Waals surface area (Å²) in [6.45, 7) is 3.83. The molecule has 1 amide bonds. The average Bonchev–Trinajstić information content (AvgIpc) is 3.13. The molecule has 2 heterocycles. The molecule has 0 saturated heterocycles. The van der Waals surface area contributed by atoms with E-state index in [1.54, 1.807) is 6.92 Å². The van der Waals surface area contributed by atoms with Crippen molar-refractivity contribution in [3.8, 4) is 0 Å². The first-order valence-corrected chi connectivity index (χ1v) is 8.37. The summed E-state index contributed by atoms with van der Waals surface area (Å²) >= 11 is 6.94. The Kier molecular flexibility index (Phi) is 5.81. The monoisotopic (exact) mass is 385 g/mol. The Labute approximate surface area is 152 Å². The van der Waals surface area contributed by atoms with Gasteiger partial charge in [0.2, 0.25) is 0 Å². The highest BCUT2D eigenvalue weighted by molar-refractivity contribution is 7.18. The molecule has 0 fully saturated rings. The lowest BCUT2D eigenvalue weighted by atomic mass is 10.1. The summed E-state index contributed by atoms with van der Waals surface area (Å²) in [5, 5.41) is 6.96. The summed E-state index contributed by atoms with van der Waals surface area (Å²) < 4.78 is 10.9. The highest BCUT2D eigenvalue weighted by Gasteiger charge is 2.28. The summed E-state index contributed by atoms with van der Waals surface area (Å²) in [6.07, 6.45) is 1.36. The van der Waals surface area contributed by atoms with Crippen LogP contribution in [0.15, 0.2) is 6.20 Å². The van der Waals surface area contributed by atoms with Crippen molar-refractivity contribution in [2.75, 3.05) is 19.5 Å². The Morgan fingerprint density at radius 1 is 1.28 bits per heavy atom. The highest BCUT2D eigenvalue weighted by atomic mass is 35.5. The number of methoxy groups -OCH3 is 2. The normalized spacial score (nSPS) is 10.4. The van der Waals surface area contributed by atoms with E-state index in [1.807, 2.05) is 6.92 Å². The minimum absolute atomic E-state index is 0.0972. The van der Waals surface area contributed by atoms with Gasteiger partial charge in [-0.05, 0) is 19.4 Å². The maximum Gasteiger partial charge on any atom is 0.348 e. The maximum atomic E-state index is 12.6. The zero-order valence-electron chi connectivity index (χ0n) is 14.0. The number of thiophene rings is 1. The van der Waals surface area contributed by atoms with Crippen LogP contribution in [0.2, 0.25) is 5.02 Å². The fourth-order valence-corrected chi connectivity index (χ4v) is 3.56. The number of hydrogen-bond donors (Lipinski definition) is 1. The van der Waals surface area contributed by atoms with Gasteiger partial charge in [-0.2, -0.15) is 5.10 Å². The van der Waals surface area contributed by atoms with Gasteiger partial charge in [0.05, 0.1) is 31.0 Å². The van der Waals surface area contributed by atoms with Crippen molar-refractivity contribution >= 4 is 45.8 Å². The van der Waals surface area contributed by atoms with Gasteiger partial charge in [0.1, 0.15) is 15.6 Å². The highest BCUT2D eigenvalue weighted by Crippen LogP contribution is 2.34. The van der Waals surface area contributed by atoms with Gasteiger partial charge >= 0.3 is 11.9 Å². The third-order valence-corrected chi connectivity index (χ3v) is 4.91. The lowest BCUT2D eigenvalue weighted by Crippen LogP contribution is -2.19. The van der Waals surface area contributed by atoms with Crippen LogP contribution >= 0.6 is 22.9 Å². The number of nitrogens with zero attached hydrogens (tertiary/aromatic N) is 2. The molecule has 2 aromatic heterocycles. The second kappa shape index (κ2) is 7.66. The molecule has 25 heavy (non-hydrogen) atoms. The van der Waals surface area contributed by atoms with Gasteiger partial charge in [-0.1, -0.05) is 11.6 Å². The molecule has 0 aliphatic heterocycles. The number of carbonyl (C=O) groups is 3. The molecule has 134 valence electrons. The van der Waals surface area contributed by atoms with Crippen LogP contribution in [0.3, 0.4) is 0 Å². The van der Waals surface area contributed by atoms with Crippen molar-refractivity contribution < 1.29 is 23.9 Å². The zero-order chi connectivity index (χ0) is 18.7. The van der Waals surface area contributed by atoms with Crippen LogP contribution in [-0.4, -0.2) is 41.8 Å². The van der Waals surface area contributed by atoms with Crippen LogP contribution in [0.4, 0.5) is 5.00 Å². The molecule has 0 unspecified atom stereocenters. The first kappa shape index (κ1) is 18.9. The van der Waals surface area contributed by atoms with Crippen molar-refractivity contribution in [2.24, 2.45) is 0 Å². The molecular formula is C15H16ClN3O5S.